The van der Waals surface area contributed by atoms with Crippen LogP contribution in [0.4, 0.5) is 0 Å². The van der Waals surface area contributed by atoms with E-state index in [-0.39, 0.29) is 30.3 Å². The number of hydrogen-bond donors (Lipinski definition) is 1. The normalized spacial score (nSPS) is 26.9. The number of carbonyl (C=O) groups excluding carboxylic acids is 1. The van der Waals surface area contributed by atoms with Crippen LogP contribution in [0.3, 0.4) is 0 Å². The van der Waals surface area contributed by atoms with E-state index in [1.54, 1.807) is 0 Å². The van der Waals surface area contributed by atoms with E-state index in [0.29, 0.717) is 0 Å². The second-order valence-electron chi connectivity index (χ2n) is 5.29. The number of amides is 1. The first kappa shape index (κ1) is 12.8. The van der Waals surface area contributed by atoms with Crippen LogP contribution in [0, 0.1) is 5.92 Å². The van der Waals surface area contributed by atoms with Gasteiger partial charge in [-0.2, -0.15) is 0 Å². The molecule has 0 aromatic heterocycles. The molecule has 1 aliphatic heterocycles. The molecule has 2 fully saturated rings. The molecule has 4 heteroatoms. The van der Waals surface area contributed by atoms with Crippen LogP contribution in [-0.4, -0.2) is 30.9 Å². The fourth-order valence-corrected chi connectivity index (χ4v) is 2.12. The Bertz CT molecular complexity index is 257. The molecule has 1 heterocycles. The maximum Gasteiger partial charge on any atom is 0.225 e. The van der Waals surface area contributed by atoms with E-state index in [1.165, 1.54) is 0 Å². The van der Waals surface area contributed by atoms with Crippen LogP contribution in [0.2, 0.25) is 0 Å². The summed E-state index contributed by atoms with van der Waals surface area (Å²) in [5.74, 6) is 0.349. The summed E-state index contributed by atoms with van der Waals surface area (Å²) in [6.07, 6.45) is 5.13. The molecule has 4 nitrogen and oxygen atoms in total. The van der Waals surface area contributed by atoms with Gasteiger partial charge in [-0.1, -0.05) is 0 Å². The Morgan fingerprint density at radius 2 is 2.06 bits per heavy atom. The lowest BCUT2D eigenvalue weighted by atomic mass is 10.1. The SMILES string of the molecule is CC(C)O[C@H](NC(=O)C1CC1)[C@@H]1CCCCO1. The van der Waals surface area contributed by atoms with E-state index < -0.39 is 0 Å². The summed E-state index contributed by atoms with van der Waals surface area (Å²) in [6, 6.07) is 0. The van der Waals surface area contributed by atoms with Crippen molar-refractivity contribution in [1.82, 2.24) is 5.32 Å². The highest BCUT2D eigenvalue weighted by Gasteiger charge is 2.34. The maximum absolute atomic E-state index is 11.8. The fourth-order valence-electron chi connectivity index (χ4n) is 2.12. The predicted molar refractivity (Wildman–Crippen MR) is 64.5 cm³/mol. The number of hydrogen-bond acceptors (Lipinski definition) is 3. The van der Waals surface area contributed by atoms with Crippen molar-refractivity contribution in [2.75, 3.05) is 6.61 Å². The van der Waals surface area contributed by atoms with Crippen LogP contribution in [0.1, 0.15) is 46.0 Å². The lowest BCUT2D eigenvalue weighted by Gasteiger charge is -2.32. The van der Waals surface area contributed by atoms with Crippen LogP contribution in [0.25, 0.3) is 0 Å². The zero-order chi connectivity index (χ0) is 12.3. The van der Waals surface area contributed by atoms with Crippen LogP contribution < -0.4 is 5.32 Å². The zero-order valence-corrected chi connectivity index (χ0v) is 10.8. The van der Waals surface area contributed by atoms with Crippen LogP contribution >= 0.6 is 0 Å². The van der Waals surface area contributed by atoms with Gasteiger partial charge in [0.15, 0.2) is 6.23 Å². The molecule has 17 heavy (non-hydrogen) atoms. The van der Waals surface area contributed by atoms with Gasteiger partial charge in [0.25, 0.3) is 0 Å². The Balaban J connectivity index is 1.88. The van der Waals surface area contributed by atoms with E-state index >= 15 is 0 Å². The monoisotopic (exact) mass is 241 g/mol. The number of nitrogens with one attached hydrogen (secondary N) is 1. The minimum atomic E-state index is -0.275. The molecule has 1 aliphatic carbocycles. The summed E-state index contributed by atoms with van der Waals surface area (Å²) in [5, 5.41) is 2.99. The average molecular weight is 241 g/mol. The van der Waals surface area contributed by atoms with Crippen molar-refractivity contribution in [1.29, 1.82) is 0 Å². The fraction of sp³-hybridized carbons (Fsp3) is 0.923. The zero-order valence-electron chi connectivity index (χ0n) is 10.8. The van der Waals surface area contributed by atoms with E-state index in [2.05, 4.69) is 5.32 Å². The summed E-state index contributed by atoms with van der Waals surface area (Å²) < 4.78 is 11.5. The molecule has 0 bridgehead atoms. The summed E-state index contributed by atoms with van der Waals surface area (Å²) in [4.78, 5) is 11.8. The molecular formula is C13H23NO3. The van der Waals surface area contributed by atoms with E-state index in [9.17, 15) is 4.79 Å². The Morgan fingerprint density at radius 3 is 2.59 bits per heavy atom. The molecule has 98 valence electrons. The van der Waals surface area contributed by atoms with Gasteiger partial charge in [0, 0.05) is 12.5 Å². The van der Waals surface area contributed by atoms with Gasteiger partial charge >= 0.3 is 0 Å². The number of rotatable bonds is 5. The first-order chi connectivity index (χ1) is 8.16. The van der Waals surface area contributed by atoms with Gasteiger partial charge in [-0.3, -0.25) is 4.79 Å². The van der Waals surface area contributed by atoms with Crippen molar-refractivity contribution in [3.63, 3.8) is 0 Å². The molecule has 0 radical (unpaired) electrons. The summed E-state index contributed by atoms with van der Waals surface area (Å²) in [7, 11) is 0. The highest BCUT2D eigenvalue weighted by Crippen LogP contribution is 2.29. The van der Waals surface area contributed by atoms with Gasteiger partial charge in [-0.15, -0.1) is 0 Å². The molecular weight excluding hydrogens is 218 g/mol. The van der Waals surface area contributed by atoms with E-state index in [4.69, 9.17) is 9.47 Å². The number of ether oxygens (including phenoxy) is 2. The summed E-state index contributed by atoms with van der Waals surface area (Å²) >= 11 is 0. The quantitative estimate of drug-likeness (QED) is 0.747. The van der Waals surface area contributed by atoms with Gasteiger partial charge < -0.3 is 14.8 Å². The Labute approximate surface area is 103 Å². The van der Waals surface area contributed by atoms with Crippen molar-refractivity contribution >= 4 is 5.91 Å². The lowest BCUT2D eigenvalue weighted by molar-refractivity contribution is -0.144. The molecule has 0 spiro atoms. The highest BCUT2D eigenvalue weighted by molar-refractivity contribution is 5.81. The minimum Gasteiger partial charge on any atom is -0.374 e. The third kappa shape index (κ3) is 3.96. The Morgan fingerprint density at radius 1 is 1.29 bits per heavy atom. The third-order valence-corrected chi connectivity index (χ3v) is 3.20. The van der Waals surface area contributed by atoms with Crippen molar-refractivity contribution in [3.8, 4) is 0 Å². The Kier molecular flexibility index (Phi) is 4.40. The van der Waals surface area contributed by atoms with Crippen LogP contribution in [0.15, 0.2) is 0 Å². The van der Waals surface area contributed by atoms with Gasteiger partial charge in [0.1, 0.15) is 6.10 Å². The molecule has 0 unspecified atom stereocenters. The van der Waals surface area contributed by atoms with E-state index in [1.807, 2.05) is 13.8 Å². The van der Waals surface area contributed by atoms with Gasteiger partial charge in [-0.05, 0) is 46.0 Å². The minimum absolute atomic E-state index is 0.0221. The summed E-state index contributed by atoms with van der Waals surface area (Å²) in [6.45, 7) is 4.75. The molecule has 2 aliphatic rings. The third-order valence-electron chi connectivity index (χ3n) is 3.20. The molecule has 0 aromatic rings. The topological polar surface area (TPSA) is 47.6 Å². The van der Waals surface area contributed by atoms with Gasteiger partial charge in [0.05, 0.1) is 6.10 Å². The number of carbonyl (C=O) groups is 1. The highest BCUT2D eigenvalue weighted by atomic mass is 16.6. The van der Waals surface area contributed by atoms with E-state index in [0.717, 1.165) is 38.7 Å². The smallest absolute Gasteiger partial charge is 0.225 e. The Hall–Kier alpha value is -0.610. The molecule has 0 aromatic carbocycles. The predicted octanol–water partition coefficient (Wildman–Crippen LogP) is 1.83. The first-order valence-corrected chi connectivity index (χ1v) is 6.74. The molecule has 1 amide bonds. The second-order valence-corrected chi connectivity index (χ2v) is 5.29. The van der Waals surface area contributed by atoms with Crippen molar-refractivity contribution in [3.05, 3.63) is 0 Å². The largest absolute Gasteiger partial charge is 0.374 e. The van der Waals surface area contributed by atoms with Gasteiger partial charge in [-0.25, -0.2) is 0 Å². The molecule has 1 saturated carbocycles. The van der Waals surface area contributed by atoms with Crippen molar-refractivity contribution in [2.45, 2.75) is 64.4 Å². The van der Waals surface area contributed by atoms with Gasteiger partial charge in [0.2, 0.25) is 5.91 Å². The van der Waals surface area contributed by atoms with Crippen LogP contribution in [0.5, 0.6) is 0 Å². The summed E-state index contributed by atoms with van der Waals surface area (Å²) in [5.41, 5.74) is 0. The molecule has 2 atom stereocenters. The molecule has 1 saturated heterocycles. The second kappa shape index (κ2) is 5.83. The van der Waals surface area contributed by atoms with Crippen molar-refractivity contribution < 1.29 is 14.3 Å². The van der Waals surface area contributed by atoms with Crippen LogP contribution in [-0.2, 0) is 14.3 Å². The lowest BCUT2D eigenvalue weighted by Crippen LogP contribution is -2.49. The first-order valence-electron chi connectivity index (χ1n) is 6.74. The average Bonchev–Trinajstić information content (AvgIpc) is 3.12. The molecule has 2 rings (SSSR count). The standard InChI is InChI=1S/C13H23NO3/c1-9(2)17-13(11-5-3-4-8-16-11)14-12(15)10-6-7-10/h9-11,13H,3-8H2,1-2H3,(H,14,15)/t11-,13-/m0/s1. The van der Waals surface area contributed by atoms with Crippen molar-refractivity contribution in [2.24, 2.45) is 5.92 Å². The maximum atomic E-state index is 11.8. The molecule has 1 N–H and O–H groups in total.